The van der Waals surface area contributed by atoms with E-state index in [0.29, 0.717) is 12.1 Å². The Morgan fingerprint density at radius 3 is 1.06 bits per heavy atom. The van der Waals surface area contributed by atoms with Gasteiger partial charge in [-0.1, -0.05) is 136 Å². The summed E-state index contributed by atoms with van der Waals surface area (Å²) in [6, 6.07) is 1.22. The van der Waals surface area contributed by atoms with Crippen LogP contribution in [0, 0.1) is 0 Å². The van der Waals surface area contributed by atoms with Gasteiger partial charge in [-0.25, -0.2) is 0 Å². The van der Waals surface area contributed by atoms with Gasteiger partial charge in [-0.05, 0) is 33.1 Å². The van der Waals surface area contributed by atoms with Crippen molar-refractivity contribution in [1.29, 1.82) is 0 Å². The van der Waals surface area contributed by atoms with E-state index < -0.39 is 0 Å². The van der Waals surface area contributed by atoms with Gasteiger partial charge in [-0.15, -0.1) is 11.6 Å². The highest BCUT2D eigenvalue weighted by Crippen LogP contribution is 2.24. The number of hydrogen-bond donors (Lipinski definition) is 0. The van der Waals surface area contributed by atoms with Crippen molar-refractivity contribution in [1.82, 2.24) is 4.90 Å². The predicted molar refractivity (Wildman–Crippen MR) is 144 cm³/mol. The summed E-state index contributed by atoms with van der Waals surface area (Å²) in [5.74, 6) is 0. The second-order valence-corrected chi connectivity index (χ2v) is 10.7. The molecule has 0 N–H and O–H groups in total. The van der Waals surface area contributed by atoms with Crippen molar-refractivity contribution in [3.8, 4) is 0 Å². The fraction of sp³-hybridized carbons (Fsp3) is 1.00. The summed E-state index contributed by atoms with van der Waals surface area (Å²) in [6.45, 7) is 11.7. The number of nitrogens with zero attached hydrogens (tertiary/aromatic N) is 1. The van der Waals surface area contributed by atoms with Gasteiger partial charge >= 0.3 is 0 Å². The van der Waals surface area contributed by atoms with Gasteiger partial charge in [-0.2, -0.15) is 0 Å². The molecule has 3 atom stereocenters. The highest BCUT2D eigenvalue weighted by Gasteiger charge is 2.25. The molecule has 0 spiro atoms. The molecule has 0 rings (SSSR count). The van der Waals surface area contributed by atoms with Gasteiger partial charge < -0.3 is 0 Å². The maximum Gasteiger partial charge on any atom is 0.0852 e. The smallest absolute Gasteiger partial charge is 0.0852 e. The first-order valence-corrected chi connectivity index (χ1v) is 14.9. The molecule has 1 nitrogen and oxygen atoms in total. The first-order chi connectivity index (χ1) is 15.1. The molecule has 0 fully saturated rings. The Kier molecular flexibility index (Phi) is 23.6. The van der Waals surface area contributed by atoms with Crippen molar-refractivity contribution in [3.63, 3.8) is 0 Å². The first-order valence-electron chi connectivity index (χ1n) is 14.5. The Balaban J connectivity index is 3.97. The van der Waals surface area contributed by atoms with Gasteiger partial charge in [0.25, 0.3) is 0 Å². The number of rotatable bonds is 24. The lowest BCUT2D eigenvalue weighted by atomic mass is 10.0. The lowest BCUT2D eigenvalue weighted by Gasteiger charge is -2.38. The van der Waals surface area contributed by atoms with Crippen LogP contribution < -0.4 is 0 Å². The Bertz CT molecular complexity index is 318. The number of unbranched alkanes of at least 4 members (excludes halogenated alkanes) is 16. The van der Waals surface area contributed by atoms with Gasteiger partial charge in [0.05, 0.1) is 5.50 Å². The minimum atomic E-state index is 0.196. The van der Waals surface area contributed by atoms with Crippen molar-refractivity contribution < 1.29 is 0 Å². The molecule has 2 heteroatoms. The highest BCUT2D eigenvalue weighted by molar-refractivity contribution is 6.20. The normalized spacial score (nSPS) is 14.8. The summed E-state index contributed by atoms with van der Waals surface area (Å²) in [5, 5.41) is 0. The SMILES string of the molecule is CCCCCCCCCCCC(C)N(C(C)CCCCCCCCCCC)C(Cl)CC. The summed E-state index contributed by atoms with van der Waals surface area (Å²) in [7, 11) is 0. The molecule has 0 bridgehead atoms. The van der Waals surface area contributed by atoms with E-state index in [-0.39, 0.29) is 5.50 Å². The Hall–Kier alpha value is 0.250. The molecule has 0 saturated heterocycles. The largest absolute Gasteiger partial charge is 0.282 e. The van der Waals surface area contributed by atoms with Crippen molar-refractivity contribution >= 4 is 11.6 Å². The van der Waals surface area contributed by atoms with Gasteiger partial charge in [0.15, 0.2) is 0 Å². The van der Waals surface area contributed by atoms with Gasteiger partial charge in [0.2, 0.25) is 0 Å². The van der Waals surface area contributed by atoms with Gasteiger partial charge in [-0.3, -0.25) is 4.90 Å². The second-order valence-electron chi connectivity index (χ2n) is 10.2. The molecule has 0 aliphatic rings. The molecule has 0 saturated carbocycles. The quantitative estimate of drug-likeness (QED) is 0.0790. The van der Waals surface area contributed by atoms with Crippen LogP contribution in [0.4, 0.5) is 0 Å². The lowest BCUT2D eigenvalue weighted by molar-refractivity contribution is 0.116. The molecule has 0 aromatic carbocycles. The molecule has 0 aliphatic carbocycles. The monoisotopic (exact) mass is 457 g/mol. The average Bonchev–Trinajstić information content (AvgIpc) is 2.76. The molecular formula is C29H60ClN. The number of halogens is 1. The van der Waals surface area contributed by atoms with Crippen molar-refractivity contribution in [2.24, 2.45) is 0 Å². The molecule has 0 amide bonds. The molecular weight excluding hydrogens is 398 g/mol. The second kappa shape index (κ2) is 23.4. The molecule has 0 aromatic rings. The molecule has 31 heavy (non-hydrogen) atoms. The third-order valence-corrected chi connectivity index (χ3v) is 7.66. The standard InChI is InChI=1S/C29H60ClN/c1-6-9-11-13-15-17-19-21-23-25-27(4)31(29(30)8-3)28(5)26-24-22-20-18-16-14-12-10-7-2/h27-29H,6-26H2,1-5H3. The van der Waals surface area contributed by atoms with Crippen LogP contribution in [0.3, 0.4) is 0 Å². The van der Waals surface area contributed by atoms with Crippen molar-refractivity contribution in [3.05, 3.63) is 0 Å². The zero-order valence-electron chi connectivity index (χ0n) is 22.4. The van der Waals surface area contributed by atoms with E-state index in [0.717, 1.165) is 6.42 Å². The Morgan fingerprint density at radius 1 is 0.484 bits per heavy atom. The third kappa shape index (κ3) is 18.4. The molecule has 0 aromatic heterocycles. The molecule has 3 unspecified atom stereocenters. The van der Waals surface area contributed by atoms with Crippen LogP contribution in [0.15, 0.2) is 0 Å². The Labute approximate surface area is 203 Å². The molecule has 0 radical (unpaired) electrons. The minimum Gasteiger partial charge on any atom is -0.282 e. The van der Waals surface area contributed by atoms with Crippen LogP contribution in [0.2, 0.25) is 0 Å². The van der Waals surface area contributed by atoms with Crippen molar-refractivity contribution in [2.75, 3.05) is 0 Å². The van der Waals surface area contributed by atoms with E-state index in [9.17, 15) is 0 Å². The summed E-state index contributed by atoms with van der Waals surface area (Å²) < 4.78 is 0. The number of alkyl halides is 1. The van der Waals surface area contributed by atoms with E-state index in [1.54, 1.807) is 0 Å². The van der Waals surface area contributed by atoms with Crippen LogP contribution in [0.25, 0.3) is 0 Å². The maximum absolute atomic E-state index is 6.79. The third-order valence-electron chi connectivity index (χ3n) is 7.13. The van der Waals surface area contributed by atoms with Crippen LogP contribution in [-0.4, -0.2) is 22.5 Å². The number of hydrogen-bond acceptors (Lipinski definition) is 1. The van der Waals surface area contributed by atoms with E-state index in [1.165, 1.54) is 128 Å². The van der Waals surface area contributed by atoms with Gasteiger partial charge in [0, 0.05) is 12.1 Å². The summed E-state index contributed by atoms with van der Waals surface area (Å²) in [4.78, 5) is 2.64. The van der Waals surface area contributed by atoms with Crippen LogP contribution in [-0.2, 0) is 0 Å². The summed E-state index contributed by atoms with van der Waals surface area (Å²) in [5.41, 5.74) is 0.196. The van der Waals surface area contributed by atoms with E-state index in [2.05, 4.69) is 39.5 Å². The van der Waals surface area contributed by atoms with Crippen LogP contribution in [0.1, 0.15) is 169 Å². The predicted octanol–water partition coefficient (Wildman–Crippen LogP) is 10.9. The van der Waals surface area contributed by atoms with Crippen molar-refractivity contribution in [2.45, 2.75) is 187 Å². The highest BCUT2D eigenvalue weighted by atomic mass is 35.5. The van der Waals surface area contributed by atoms with Crippen LogP contribution >= 0.6 is 11.6 Å². The maximum atomic E-state index is 6.79. The minimum absolute atomic E-state index is 0.196. The van der Waals surface area contributed by atoms with Gasteiger partial charge in [0.1, 0.15) is 0 Å². The van der Waals surface area contributed by atoms with E-state index in [4.69, 9.17) is 11.6 Å². The lowest BCUT2D eigenvalue weighted by Crippen LogP contribution is -2.44. The fourth-order valence-corrected chi connectivity index (χ4v) is 5.38. The average molecular weight is 458 g/mol. The van der Waals surface area contributed by atoms with E-state index in [1.807, 2.05) is 0 Å². The summed E-state index contributed by atoms with van der Waals surface area (Å²) in [6.07, 6.45) is 29.1. The molecule has 0 aliphatic heterocycles. The zero-order chi connectivity index (χ0) is 23.2. The zero-order valence-corrected chi connectivity index (χ0v) is 23.2. The molecule has 0 heterocycles. The first kappa shape index (κ1) is 31.2. The summed E-state index contributed by atoms with van der Waals surface area (Å²) >= 11 is 6.79. The van der Waals surface area contributed by atoms with E-state index >= 15 is 0 Å². The topological polar surface area (TPSA) is 3.24 Å². The Morgan fingerprint density at radius 2 is 0.774 bits per heavy atom. The fourth-order valence-electron chi connectivity index (χ4n) is 5.00. The molecule has 188 valence electrons. The van der Waals surface area contributed by atoms with Crippen LogP contribution in [0.5, 0.6) is 0 Å².